The lowest BCUT2D eigenvalue weighted by molar-refractivity contribution is -0.152. The molecule has 0 saturated carbocycles. The summed E-state index contributed by atoms with van der Waals surface area (Å²) in [7, 11) is 1.33. The zero-order valence-electron chi connectivity index (χ0n) is 11.8. The highest BCUT2D eigenvalue weighted by molar-refractivity contribution is 7.98. The van der Waals surface area contributed by atoms with Gasteiger partial charge in [0.25, 0.3) is 0 Å². The number of Topliss-reactive ketones (excluding diaryl/α,β-unsaturated/α-hetero) is 1. The van der Waals surface area contributed by atoms with Gasteiger partial charge in [-0.3, -0.25) is 14.5 Å². The maximum atomic E-state index is 11.7. The van der Waals surface area contributed by atoms with Crippen molar-refractivity contribution in [1.29, 1.82) is 0 Å². The van der Waals surface area contributed by atoms with Crippen LogP contribution >= 0.6 is 11.8 Å². The topological polar surface area (TPSA) is 46.6 Å². The van der Waals surface area contributed by atoms with Crippen molar-refractivity contribution in [2.75, 3.05) is 26.5 Å². The number of likely N-dealkylation sites (tertiary alicyclic amines) is 1. The molecule has 0 aliphatic carbocycles. The third-order valence-corrected chi connectivity index (χ3v) is 4.30. The van der Waals surface area contributed by atoms with Crippen molar-refractivity contribution in [3.05, 3.63) is 29.8 Å². The van der Waals surface area contributed by atoms with E-state index in [1.807, 2.05) is 6.26 Å². The zero-order chi connectivity index (χ0) is 14.5. The molecule has 0 spiro atoms. The van der Waals surface area contributed by atoms with E-state index in [0.717, 1.165) is 6.54 Å². The molecule has 1 aromatic carbocycles. The fourth-order valence-corrected chi connectivity index (χ4v) is 2.78. The molecule has 1 saturated heterocycles. The summed E-state index contributed by atoms with van der Waals surface area (Å²) in [6, 6.07) is 8.37. The van der Waals surface area contributed by atoms with Crippen molar-refractivity contribution in [1.82, 2.24) is 4.90 Å². The molecule has 5 heteroatoms. The van der Waals surface area contributed by atoms with Gasteiger partial charge in [-0.05, 0) is 24.0 Å². The van der Waals surface area contributed by atoms with Crippen LogP contribution in [0.2, 0.25) is 0 Å². The fraction of sp³-hybridized carbons (Fsp3) is 0.467. The Balaban J connectivity index is 1.98. The molecular formula is C15H19NO3S. The van der Waals surface area contributed by atoms with Crippen molar-refractivity contribution in [2.24, 2.45) is 5.92 Å². The average molecular weight is 293 g/mol. The first-order valence-electron chi connectivity index (χ1n) is 6.60. The highest BCUT2D eigenvalue weighted by Crippen LogP contribution is 2.19. The van der Waals surface area contributed by atoms with Gasteiger partial charge in [0, 0.05) is 31.0 Å². The molecule has 1 atom stereocenters. The van der Waals surface area contributed by atoms with Crippen molar-refractivity contribution in [3.8, 4) is 0 Å². The van der Waals surface area contributed by atoms with Gasteiger partial charge in [0.2, 0.25) is 0 Å². The largest absolute Gasteiger partial charge is 0.468 e. The number of ketones is 1. The molecule has 1 fully saturated rings. The molecule has 1 heterocycles. The van der Waals surface area contributed by atoms with Gasteiger partial charge in [0.1, 0.15) is 11.7 Å². The van der Waals surface area contributed by atoms with Crippen LogP contribution in [0.5, 0.6) is 0 Å². The summed E-state index contributed by atoms with van der Waals surface area (Å²) in [6.07, 6.45) is 2.47. The van der Waals surface area contributed by atoms with Crippen LogP contribution in [0.3, 0.4) is 0 Å². The van der Waals surface area contributed by atoms with Gasteiger partial charge in [-0.1, -0.05) is 12.1 Å². The number of carbonyl (C=O) groups excluding carboxylic acids is 2. The van der Waals surface area contributed by atoms with Gasteiger partial charge in [0.15, 0.2) is 0 Å². The molecule has 1 unspecified atom stereocenters. The summed E-state index contributed by atoms with van der Waals surface area (Å²) in [5.74, 6) is -1.05. The number of rotatable bonds is 4. The second-order valence-corrected chi connectivity index (χ2v) is 5.75. The fourth-order valence-electron chi connectivity index (χ4n) is 2.37. The second-order valence-electron chi connectivity index (χ2n) is 4.88. The first-order chi connectivity index (χ1) is 9.63. The summed E-state index contributed by atoms with van der Waals surface area (Å²) < 4.78 is 4.70. The van der Waals surface area contributed by atoms with E-state index in [0.29, 0.717) is 19.5 Å². The number of piperidine rings is 1. The van der Waals surface area contributed by atoms with Crippen molar-refractivity contribution < 1.29 is 14.3 Å². The quantitative estimate of drug-likeness (QED) is 0.482. The predicted molar refractivity (Wildman–Crippen MR) is 78.6 cm³/mol. The van der Waals surface area contributed by atoms with Gasteiger partial charge in [0.05, 0.1) is 7.11 Å². The lowest BCUT2D eigenvalue weighted by Crippen LogP contribution is -2.44. The number of carbonyl (C=O) groups is 2. The lowest BCUT2D eigenvalue weighted by atomic mass is 9.96. The highest BCUT2D eigenvalue weighted by Gasteiger charge is 2.33. The molecule has 0 bridgehead atoms. The normalized spacial score (nSPS) is 19.9. The molecule has 0 radical (unpaired) electrons. The van der Waals surface area contributed by atoms with Crippen LogP contribution in [0.4, 0.5) is 0 Å². The molecule has 1 aromatic rings. The van der Waals surface area contributed by atoms with E-state index in [-0.39, 0.29) is 5.78 Å². The van der Waals surface area contributed by atoms with Crippen LogP contribution in [0.25, 0.3) is 0 Å². The standard InChI is InChI=1S/C15H19NO3S/c1-19-15(18)13-10-16(8-7-14(13)17)9-11-3-5-12(20-2)6-4-11/h3-6,13H,7-10H2,1-2H3. The van der Waals surface area contributed by atoms with Crippen LogP contribution in [0.15, 0.2) is 29.2 Å². The number of thioether (sulfide) groups is 1. The molecule has 1 aliphatic rings. The lowest BCUT2D eigenvalue weighted by Gasteiger charge is -2.30. The Labute approximate surface area is 123 Å². The Morgan fingerprint density at radius 1 is 1.40 bits per heavy atom. The van der Waals surface area contributed by atoms with E-state index in [1.54, 1.807) is 11.8 Å². The van der Waals surface area contributed by atoms with Crippen LogP contribution in [-0.2, 0) is 20.9 Å². The molecule has 1 aliphatic heterocycles. The number of nitrogens with zero attached hydrogens (tertiary/aromatic N) is 1. The van der Waals surface area contributed by atoms with Gasteiger partial charge in [-0.15, -0.1) is 11.8 Å². The monoisotopic (exact) mass is 293 g/mol. The first-order valence-corrected chi connectivity index (χ1v) is 7.82. The number of hydrogen-bond donors (Lipinski definition) is 0. The van der Waals surface area contributed by atoms with Crippen molar-refractivity contribution in [3.63, 3.8) is 0 Å². The van der Waals surface area contributed by atoms with E-state index in [2.05, 4.69) is 29.2 Å². The molecule has 0 N–H and O–H groups in total. The highest BCUT2D eigenvalue weighted by atomic mass is 32.2. The minimum absolute atomic E-state index is 0.00849. The van der Waals surface area contributed by atoms with Crippen LogP contribution in [0, 0.1) is 5.92 Å². The number of benzene rings is 1. The Morgan fingerprint density at radius 3 is 2.70 bits per heavy atom. The van der Waals surface area contributed by atoms with E-state index in [4.69, 9.17) is 4.74 Å². The molecular weight excluding hydrogens is 274 g/mol. The van der Waals surface area contributed by atoms with Crippen LogP contribution < -0.4 is 0 Å². The zero-order valence-corrected chi connectivity index (χ0v) is 12.6. The Hall–Kier alpha value is -1.33. The summed E-state index contributed by atoms with van der Waals surface area (Å²) in [5, 5.41) is 0. The van der Waals surface area contributed by atoms with Crippen molar-refractivity contribution >= 4 is 23.5 Å². The van der Waals surface area contributed by atoms with E-state index in [1.165, 1.54) is 17.6 Å². The molecule has 0 aromatic heterocycles. The molecule has 4 nitrogen and oxygen atoms in total. The Kier molecular flexibility index (Phi) is 5.20. The van der Waals surface area contributed by atoms with Crippen LogP contribution in [-0.4, -0.2) is 43.1 Å². The molecule has 20 heavy (non-hydrogen) atoms. The van der Waals surface area contributed by atoms with Gasteiger partial charge in [-0.25, -0.2) is 0 Å². The maximum absolute atomic E-state index is 11.7. The van der Waals surface area contributed by atoms with E-state index >= 15 is 0 Å². The minimum Gasteiger partial charge on any atom is -0.468 e. The summed E-state index contributed by atoms with van der Waals surface area (Å²) in [5.41, 5.74) is 1.20. The predicted octanol–water partition coefficient (Wildman–Crippen LogP) is 1.97. The minimum atomic E-state index is -0.626. The maximum Gasteiger partial charge on any atom is 0.317 e. The van der Waals surface area contributed by atoms with Crippen LogP contribution in [0.1, 0.15) is 12.0 Å². The first kappa shape index (κ1) is 15.1. The Morgan fingerprint density at radius 2 is 2.10 bits per heavy atom. The Bertz CT molecular complexity index is 478. The number of esters is 1. The second kappa shape index (κ2) is 6.90. The third kappa shape index (κ3) is 3.61. The molecule has 108 valence electrons. The average Bonchev–Trinajstić information content (AvgIpc) is 2.49. The molecule has 0 amide bonds. The SMILES string of the molecule is COC(=O)C1CN(Cc2ccc(SC)cc2)CCC1=O. The number of ether oxygens (including phenoxy) is 1. The summed E-state index contributed by atoms with van der Waals surface area (Å²) in [4.78, 5) is 26.7. The van der Waals surface area contributed by atoms with Gasteiger partial charge >= 0.3 is 5.97 Å². The van der Waals surface area contributed by atoms with Crippen molar-refractivity contribution in [2.45, 2.75) is 17.9 Å². The number of methoxy groups -OCH3 is 1. The smallest absolute Gasteiger partial charge is 0.317 e. The molecule has 2 rings (SSSR count). The summed E-state index contributed by atoms with van der Waals surface area (Å²) >= 11 is 1.71. The van der Waals surface area contributed by atoms with E-state index < -0.39 is 11.9 Å². The summed E-state index contributed by atoms with van der Waals surface area (Å²) in [6.45, 7) is 1.92. The number of hydrogen-bond acceptors (Lipinski definition) is 5. The van der Waals surface area contributed by atoms with E-state index in [9.17, 15) is 9.59 Å². The third-order valence-electron chi connectivity index (χ3n) is 3.55. The van der Waals surface area contributed by atoms with Gasteiger partial charge in [-0.2, -0.15) is 0 Å². The van der Waals surface area contributed by atoms with Gasteiger partial charge < -0.3 is 4.74 Å².